The number of nitrogens with one attached hydrogen (secondary N) is 1. The van der Waals surface area contributed by atoms with Crippen LogP contribution in [0.3, 0.4) is 0 Å². The first kappa shape index (κ1) is 19.3. The van der Waals surface area contributed by atoms with Crippen LogP contribution in [-0.4, -0.2) is 50.0 Å². The first-order valence-electron chi connectivity index (χ1n) is 9.76. The molecule has 1 fully saturated rings. The minimum atomic E-state index is -0.856. The molecule has 0 aliphatic carbocycles. The number of hydrogen-bond acceptors (Lipinski definition) is 6. The van der Waals surface area contributed by atoms with Crippen LogP contribution in [-0.2, 0) is 13.6 Å². The summed E-state index contributed by atoms with van der Waals surface area (Å²) in [5.41, 5.74) is 0.647. The zero-order valence-corrected chi connectivity index (χ0v) is 16.6. The number of aryl methyl sites for hydroxylation is 2. The summed E-state index contributed by atoms with van der Waals surface area (Å²) in [7, 11) is 1.57. The van der Waals surface area contributed by atoms with Crippen molar-refractivity contribution in [2.24, 2.45) is 7.05 Å². The number of aliphatic hydroxyl groups is 1. The second kappa shape index (κ2) is 7.75. The van der Waals surface area contributed by atoms with Crippen LogP contribution >= 0.6 is 0 Å². The van der Waals surface area contributed by atoms with Gasteiger partial charge in [0.05, 0.1) is 6.54 Å². The van der Waals surface area contributed by atoms with Crippen molar-refractivity contribution >= 4 is 17.1 Å². The Labute approximate surface area is 167 Å². The second-order valence-electron chi connectivity index (χ2n) is 7.49. The molecule has 3 aromatic rings. The number of ether oxygens (including phenoxy) is 1. The molecule has 2 aromatic heterocycles. The van der Waals surface area contributed by atoms with E-state index in [4.69, 9.17) is 4.74 Å². The van der Waals surface area contributed by atoms with E-state index in [1.807, 2.05) is 31.2 Å². The van der Waals surface area contributed by atoms with Gasteiger partial charge in [-0.15, -0.1) is 0 Å². The Morgan fingerprint density at radius 1 is 1.28 bits per heavy atom. The van der Waals surface area contributed by atoms with Crippen molar-refractivity contribution in [1.82, 2.24) is 19.1 Å². The summed E-state index contributed by atoms with van der Waals surface area (Å²) in [4.78, 5) is 33.5. The molecule has 4 rings (SSSR count). The van der Waals surface area contributed by atoms with E-state index in [1.54, 1.807) is 11.6 Å². The number of aromatic amines is 1. The van der Waals surface area contributed by atoms with Gasteiger partial charge in [0, 0.05) is 20.1 Å². The van der Waals surface area contributed by atoms with Gasteiger partial charge in [0.25, 0.3) is 5.56 Å². The van der Waals surface area contributed by atoms with Crippen molar-refractivity contribution in [3.63, 3.8) is 0 Å². The Kier molecular flexibility index (Phi) is 5.14. The Morgan fingerprint density at radius 3 is 2.76 bits per heavy atom. The van der Waals surface area contributed by atoms with E-state index in [0.29, 0.717) is 17.3 Å². The summed E-state index contributed by atoms with van der Waals surface area (Å²) >= 11 is 0. The highest BCUT2D eigenvalue weighted by Gasteiger charge is 2.25. The number of fused-ring (bicyclic) bond motifs is 1. The quantitative estimate of drug-likeness (QED) is 0.634. The van der Waals surface area contributed by atoms with Crippen LogP contribution in [0, 0.1) is 6.92 Å². The lowest BCUT2D eigenvalue weighted by Crippen LogP contribution is -2.31. The number of anilines is 1. The van der Waals surface area contributed by atoms with Crippen molar-refractivity contribution < 1.29 is 9.84 Å². The molecular formula is C20H25N5O4. The van der Waals surface area contributed by atoms with Gasteiger partial charge in [-0.25, -0.2) is 4.79 Å². The van der Waals surface area contributed by atoms with E-state index in [9.17, 15) is 14.7 Å². The van der Waals surface area contributed by atoms with Gasteiger partial charge in [-0.05, 0) is 37.5 Å². The van der Waals surface area contributed by atoms with Gasteiger partial charge in [0.2, 0.25) is 5.95 Å². The molecule has 29 heavy (non-hydrogen) atoms. The van der Waals surface area contributed by atoms with E-state index < -0.39 is 17.4 Å². The zero-order valence-electron chi connectivity index (χ0n) is 16.6. The van der Waals surface area contributed by atoms with Crippen LogP contribution in [0.2, 0.25) is 0 Å². The third-order valence-electron chi connectivity index (χ3n) is 5.20. The van der Waals surface area contributed by atoms with Crippen molar-refractivity contribution in [2.75, 3.05) is 24.6 Å². The molecule has 1 aliphatic heterocycles. The molecule has 9 heteroatoms. The van der Waals surface area contributed by atoms with Crippen LogP contribution < -0.4 is 20.9 Å². The molecule has 1 aliphatic rings. The van der Waals surface area contributed by atoms with Gasteiger partial charge >= 0.3 is 5.69 Å². The van der Waals surface area contributed by atoms with Crippen molar-refractivity contribution in [1.29, 1.82) is 0 Å². The lowest BCUT2D eigenvalue weighted by atomic mass is 10.2. The number of benzene rings is 1. The summed E-state index contributed by atoms with van der Waals surface area (Å²) < 4.78 is 8.73. The molecule has 1 atom stereocenters. The number of aliphatic hydroxyl groups excluding tert-OH is 1. The van der Waals surface area contributed by atoms with Gasteiger partial charge in [-0.3, -0.25) is 14.3 Å². The van der Waals surface area contributed by atoms with Crippen LogP contribution in [0.25, 0.3) is 11.2 Å². The number of imidazole rings is 1. The molecule has 9 nitrogen and oxygen atoms in total. The molecule has 0 radical (unpaired) electrons. The lowest BCUT2D eigenvalue weighted by molar-refractivity contribution is 0.0936. The van der Waals surface area contributed by atoms with Crippen LogP contribution in [0.15, 0.2) is 33.9 Å². The first-order chi connectivity index (χ1) is 13.9. The molecule has 0 amide bonds. The highest BCUT2D eigenvalue weighted by atomic mass is 16.5. The predicted octanol–water partition coefficient (Wildman–Crippen LogP) is 0.772. The Balaban J connectivity index is 1.66. The number of aromatic nitrogens is 4. The average Bonchev–Trinajstić information content (AvgIpc) is 3.33. The molecule has 1 aromatic carbocycles. The lowest BCUT2D eigenvalue weighted by Gasteiger charge is -2.20. The van der Waals surface area contributed by atoms with Gasteiger partial charge < -0.3 is 19.3 Å². The predicted molar refractivity (Wildman–Crippen MR) is 110 cm³/mol. The van der Waals surface area contributed by atoms with Crippen molar-refractivity contribution in [3.05, 3.63) is 50.7 Å². The Morgan fingerprint density at radius 2 is 2.03 bits per heavy atom. The Bertz CT molecular complexity index is 1140. The maximum Gasteiger partial charge on any atom is 0.329 e. The van der Waals surface area contributed by atoms with Gasteiger partial charge in [0.1, 0.15) is 18.5 Å². The van der Waals surface area contributed by atoms with E-state index in [2.05, 4.69) is 14.9 Å². The number of nitrogens with zero attached hydrogens (tertiary/aromatic N) is 4. The molecular weight excluding hydrogens is 374 g/mol. The SMILES string of the molecule is Cc1cccc(OC[C@@H](O)Cn2c(N3CCCC3)nc3c2c(=O)[nH]c(=O)n3C)c1. The summed E-state index contributed by atoms with van der Waals surface area (Å²) in [6.07, 6.45) is 1.22. The Hall–Kier alpha value is -3.07. The third-order valence-corrected chi connectivity index (χ3v) is 5.20. The maximum atomic E-state index is 12.5. The molecule has 1 saturated heterocycles. The van der Waals surface area contributed by atoms with E-state index in [1.165, 1.54) is 4.57 Å². The normalized spacial score (nSPS) is 15.2. The number of rotatable bonds is 6. The van der Waals surface area contributed by atoms with Crippen molar-refractivity contribution in [3.8, 4) is 5.75 Å². The molecule has 0 bridgehead atoms. The minimum Gasteiger partial charge on any atom is -0.491 e. The van der Waals surface area contributed by atoms with E-state index >= 15 is 0 Å². The number of H-pyrrole nitrogens is 1. The van der Waals surface area contributed by atoms with E-state index in [0.717, 1.165) is 31.5 Å². The summed E-state index contributed by atoms with van der Waals surface area (Å²) in [6, 6.07) is 7.60. The standard InChI is InChI=1S/C20H25N5O4/c1-13-6-5-7-15(10-13)29-12-14(26)11-25-16-17(23(2)20(28)22-18(16)27)21-19(25)24-8-3-4-9-24/h5-7,10,14,26H,3-4,8-9,11-12H2,1-2H3,(H,22,27,28)/t14-/m0/s1. The summed E-state index contributed by atoms with van der Waals surface area (Å²) in [6.45, 7) is 3.83. The fraction of sp³-hybridized carbons (Fsp3) is 0.450. The average molecular weight is 399 g/mol. The molecule has 2 N–H and O–H groups in total. The van der Waals surface area contributed by atoms with Crippen LogP contribution in [0.5, 0.6) is 5.75 Å². The highest BCUT2D eigenvalue weighted by Crippen LogP contribution is 2.23. The van der Waals surface area contributed by atoms with E-state index in [-0.39, 0.29) is 18.7 Å². The molecule has 154 valence electrons. The van der Waals surface area contributed by atoms with Gasteiger partial charge in [0.15, 0.2) is 11.2 Å². The van der Waals surface area contributed by atoms with Crippen molar-refractivity contribution in [2.45, 2.75) is 32.4 Å². The summed E-state index contributed by atoms with van der Waals surface area (Å²) in [5, 5.41) is 10.6. The fourth-order valence-corrected chi connectivity index (χ4v) is 3.72. The fourth-order valence-electron chi connectivity index (χ4n) is 3.72. The highest BCUT2D eigenvalue weighted by molar-refractivity contribution is 5.74. The zero-order chi connectivity index (χ0) is 20.5. The van der Waals surface area contributed by atoms with Gasteiger partial charge in [-0.2, -0.15) is 4.98 Å². The van der Waals surface area contributed by atoms with Gasteiger partial charge in [-0.1, -0.05) is 12.1 Å². The molecule has 0 spiro atoms. The largest absolute Gasteiger partial charge is 0.491 e. The molecule has 3 heterocycles. The summed E-state index contributed by atoms with van der Waals surface area (Å²) in [5.74, 6) is 1.28. The topological polar surface area (TPSA) is 105 Å². The smallest absolute Gasteiger partial charge is 0.329 e. The first-order valence-corrected chi connectivity index (χ1v) is 9.76. The maximum absolute atomic E-state index is 12.5. The third kappa shape index (κ3) is 3.77. The second-order valence-corrected chi connectivity index (χ2v) is 7.49. The van der Waals surface area contributed by atoms with Crippen LogP contribution in [0.1, 0.15) is 18.4 Å². The molecule has 0 unspecified atom stereocenters. The monoisotopic (exact) mass is 399 g/mol. The minimum absolute atomic E-state index is 0.0756. The number of hydrogen-bond donors (Lipinski definition) is 2. The van der Waals surface area contributed by atoms with Crippen LogP contribution in [0.4, 0.5) is 5.95 Å². The molecule has 0 saturated carbocycles.